The fourth-order valence-electron chi connectivity index (χ4n) is 4.04. The van der Waals surface area contributed by atoms with Gasteiger partial charge in [0.2, 0.25) is 0 Å². The van der Waals surface area contributed by atoms with Gasteiger partial charge in [0.1, 0.15) is 0 Å². The van der Waals surface area contributed by atoms with Gasteiger partial charge in [-0.2, -0.15) is 0 Å². The van der Waals surface area contributed by atoms with Crippen LogP contribution in [0.2, 0.25) is 0 Å². The molecule has 0 fully saturated rings. The fourth-order valence-corrected chi connectivity index (χ4v) is 9.09. The normalized spacial score (nSPS) is 11.5. The quantitative estimate of drug-likeness (QED) is 0.220. The predicted octanol–water partition coefficient (Wildman–Crippen LogP) is 4.29. The summed E-state index contributed by atoms with van der Waals surface area (Å²) in [7, 11) is -0.687. The summed E-state index contributed by atoms with van der Waals surface area (Å²) < 4.78 is 38.4. The van der Waals surface area contributed by atoms with Gasteiger partial charge >= 0.3 is 244 Å². The van der Waals surface area contributed by atoms with E-state index in [0.29, 0.717) is 44.2 Å². The Balaban J connectivity index is 1.44. The predicted molar refractivity (Wildman–Crippen MR) is 160 cm³/mol. The first-order valence-corrected chi connectivity index (χ1v) is 17.2. The van der Waals surface area contributed by atoms with E-state index in [1.54, 1.807) is 50.6 Å². The van der Waals surface area contributed by atoms with Gasteiger partial charge in [-0.3, -0.25) is 0 Å². The molecule has 1 aromatic heterocycles. The van der Waals surface area contributed by atoms with Crippen molar-refractivity contribution in [2.24, 2.45) is 0 Å². The summed E-state index contributed by atoms with van der Waals surface area (Å²) in [4.78, 5) is 22.1. The number of rotatable bonds is 10. The van der Waals surface area contributed by atoms with Gasteiger partial charge in [-0.05, 0) is 0 Å². The van der Waals surface area contributed by atoms with Crippen LogP contribution in [0.4, 0.5) is 17.2 Å². The number of carbonyl (C=O) groups is 1. The van der Waals surface area contributed by atoms with Crippen LogP contribution < -0.4 is 24.6 Å². The van der Waals surface area contributed by atoms with Crippen molar-refractivity contribution in [2.75, 3.05) is 24.9 Å². The van der Waals surface area contributed by atoms with Gasteiger partial charge < -0.3 is 0 Å². The Hall–Kier alpha value is -4.40. The fraction of sp³-hybridized carbons (Fsp3) is 0.100. The zero-order chi connectivity index (χ0) is 28.8. The molecule has 1 heterocycles. The third kappa shape index (κ3) is 7.03. The summed E-state index contributed by atoms with van der Waals surface area (Å²) >= 11 is -1.54. The van der Waals surface area contributed by atoms with E-state index in [-0.39, 0.29) is 17.2 Å². The van der Waals surface area contributed by atoms with Crippen LogP contribution in [0, 0.1) is 0 Å². The average Bonchev–Trinajstić information content (AvgIpc) is 2.97. The van der Waals surface area contributed by atoms with E-state index in [1.807, 2.05) is 48.5 Å². The molecule has 41 heavy (non-hydrogen) atoms. The zero-order valence-corrected chi connectivity index (χ0v) is 24.9. The molecule has 0 saturated carbocycles. The van der Waals surface area contributed by atoms with Crippen LogP contribution in [0.3, 0.4) is 0 Å². The molecule has 9 nitrogen and oxygen atoms in total. The number of hydrogen-bond acceptors (Lipinski definition) is 8. The second kappa shape index (κ2) is 12.4. The first kappa shape index (κ1) is 28.1. The number of carbonyl (C=O) groups excluding carboxylic acids is 1. The molecule has 0 aliphatic rings. The number of anilines is 3. The minimum atomic E-state index is -3.79. The summed E-state index contributed by atoms with van der Waals surface area (Å²) in [6.07, 6.45) is 0.181. The minimum absolute atomic E-state index is 0.0963. The van der Waals surface area contributed by atoms with Crippen LogP contribution in [0.5, 0.6) is 11.5 Å². The van der Waals surface area contributed by atoms with E-state index in [0.717, 1.165) is 5.56 Å². The van der Waals surface area contributed by atoms with Crippen LogP contribution >= 0.6 is 0 Å². The number of nitrogens with zero attached hydrogens (tertiary/aromatic N) is 2. The van der Waals surface area contributed by atoms with Crippen molar-refractivity contribution in [3.05, 3.63) is 103 Å². The molecular formula is C30H26AsN4O5S. The third-order valence-corrected chi connectivity index (χ3v) is 11.8. The van der Waals surface area contributed by atoms with Gasteiger partial charge in [0, 0.05) is 0 Å². The molecule has 0 atom stereocenters. The van der Waals surface area contributed by atoms with E-state index in [9.17, 15) is 13.2 Å². The van der Waals surface area contributed by atoms with E-state index in [2.05, 4.69) is 10.6 Å². The van der Waals surface area contributed by atoms with Gasteiger partial charge in [-0.1, -0.05) is 0 Å². The van der Waals surface area contributed by atoms with Crippen molar-refractivity contribution in [1.82, 2.24) is 9.97 Å². The monoisotopic (exact) mass is 629 g/mol. The first-order valence-electron chi connectivity index (χ1n) is 12.5. The maximum absolute atomic E-state index is 13.7. The van der Waals surface area contributed by atoms with Crippen molar-refractivity contribution >= 4 is 61.3 Å². The summed E-state index contributed by atoms with van der Waals surface area (Å²) in [5.74, 6) is 1.22. The molecule has 0 spiro atoms. The molecule has 0 bridgehead atoms. The van der Waals surface area contributed by atoms with Crippen molar-refractivity contribution in [3.63, 3.8) is 0 Å². The average molecular weight is 630 g/mol. The Morgan fingerprint density at radius 3 is 2.12 bits per heavy atom. The van der Waals surface area contributed by atoms with Crippen LogP contribution in [0.1, 0.15) is 5.56 Å². The molecule has 2 N–H and O–H groups in total. The number of amides is 1. The SMILES string of the molecule is COc1cc(Nc2nc3ccccc3nc2[As]S(=O)(=O)c2cccc(NC(=O)Cc3ccccc3)c2)cc(OC)c1. The van der Waals surface area contributed by atoms with Crippen molar-refractivity contribution < 1.29 is 22.7 Å². The van der Waals surface area contributed by atoms with E-state index in [4.69, 9.17) is 19.4 Å². The number of benzene rings is 4. The van der Waals surface area contributed by atoms with Crippen molar-refractivity contribution in [1.29, 1.82) is 0 Å². The molecule has 207 valence electrons. The molecule has 0 aliphatic carbocycles. The number of methoxy groups -OCH3 is 2. The molecule has 11 heteroatoms. The summed E-state index contributed by atoms with van der Waals surface area (Å²) in [6.45, 7) is 0. The van der Waals surface area contributed by atoms with E-state index < -0.39 is 22.7 Å². The molecule has 5 rings (SSSR count). The number of ether oxygens (including phenoxy) is 2. The second-order valence-electron chi connectivity index (χ2n) is 8.92. The molecule has 1 radical (unpaired) electrons. The second-order valence-corrected chi connectivity index (χ2v) is 15.6. The van der Waals surface area contributed by atoms with Crippen molar-refractivity contribution in [2.45, 2.75) is 11.3 Å². The van der Waals surface area contributed by atoms with Crippen molar-refractivity contribution in [3.8, 4) is 11.5 Å². The molecule has 5 aromatic rings. The standard InChI is InChI=1S/C30H26AsN4O5S/c1-39-23-16-22(17-24(19-23)40-2)33-30-29(34-26-13-6-7-14-27(26)35-30)31-41(37,38)25-12-8-11-21(18-25)32-28(36)15-20-9-4-3-5-10-20/h3-14,16-19H,15H2,1-2H3,(H,32,36)(H,33,35). The van der Waals surface area contributed by atoms with Gasteiger partial charge in [0.25, 0.3) is 0 Å². The van der Waals surface area contributed by atoms with Gasteiger partial charge in [0.05, 0.1) is 0 Å². The Morgan fingerprint density at radius 2 is 1.44 bits per heavy atom. The summed E-state index contributed by atoms with van der Waals surface area (Å²) in [6, 6.07) is 28.1. The number of fused-ring (bicyclic) bond motifs is 1. The topological polar surface area (TPSA) is 120 Å². The molecule has 4 aromatic carbocycles. The number of nitrogens with one attached hydrogen (secondary N) is 2. The third-order valence-electron chi connectivity index (χ3n) is 6.00. The van der Waals surface area contributed by atoms with Crippen LogP contribution in [0.25, 0.3) is 11.0 Å². The number of para-hydroxylation sites is 2. The Kier molecular flexibility index (Phi) is 8.52. The van der Waals surface area contributed by atoms with Crippen LogP contribution in [0.15, 0.2) is 102 Å². The number of aromatic nitrogens is 2. The first-order chi connectivity index (χ1) is 19.8. The Bertz CT molecular complexity index is 1800. The molecule has 1 amide bonds. The molecule has 0 aliphatic heterocycles. The van der Waals surface area contributed by atoms with Gasteiger partial charge in [-0.15, -0.1) is 0 Å². The number of hydrogen-bond donors (Lipinski definition) is 2. The summed E-state index contributed by atoms with van der Waals surface area (Å²) in [5, 5.41) is 6.02. The Labute approximate surface area is 243 Å². The van der Waals surface area contributed by atoms with Crippen LogP contribution in [-0.4, -0.2) is 53.1 Å². The van der Waals surface area contributed by atoms with Gasteiger partial charge in [-0.25, -0.2) is 0 Å². The molecule has 0 unspecified atom stereocenters. The van der Waals surface area contributed by atoms with E-state index in [1.165, 1.54) is 12.1 Å². The summed E-state index contributed by atoms with van der Waals surface area (Å²) in [5.41, 5.74) is 3.08. The van der Waals surface area contributed by atoms with Gasteiger partial charge in [0.15, 0.2) is 0 Å². The maximum atomic E-state index is 13.7. The zero-order valence-electron chi connectivity index (χ0n) is 22.2. The van der Waals surface area contributed by atoms with Crippen LogP contribution in [-0.2, 0) is 19.3 Å². The van der Waals surface area contributed by atoms with E-state index >= 15 is 0 Å². The Morgan fingerprint density at radius 1 is 0.780 bits per heavy atom. The molecular weight excluding hydrogens is 603 g/mol. The molecule has 0 saturated heterocycles.